The fourth-order valence-electron chi connectivity index (χ4n) is 1.28. The Hall–Kier alpha value is -0.470. The molecule has 0 saturated heterocycles. The highest BCUT2D eigenvalue weighted by Gasteiger charge is 2.04. The topological polar surface area (TPSA) is 15.8 Å². The minimum absolute atomic E-state index is 0.775. The van der Waals surface area contributed by atoms with Gasteiger partial charge in [-0.3, -0.25) is 0 Å². The summed E-state index contributed by atoms with van der Waals surface area (Å²) in [6, 6.07) is 6.00. The van der Waals surface area contributed by atoms with Crippen LogP contribution in [0, 0.1) is 6.92 Å². The van der Waals surface area contributed by atoms with Gasteiger partial charge < -0.3 is 4.98 Å². The lowest BCUT2D eigenvalue weighted by molar-refractivity contribution is 1.30. The monoisotopic (exact) mass is 243 g/mol. The molecule has 0 amide bonds. The van der Waals surface area contributed by atoms with Gasteiger partial charge in [0.1, 0.15) is 0 Å². The van der Waals surface area contributed by atoms with Gasteiger partial charge in [-0.2, -0.15) is 0 Å². The number of aromatic amines is 1. The van der Waals surface area contributed by atoms with E-state index in [0.29, 0.717) is 0 Å². The molecule has 0 aliphatic carbocycles. The zero-order chi connectivity index (χ0) is 8.72. The summed E-state index contributed by atoms with van der Waals surface area (Å²) in [6.45, 7) is 2.02. The van der Waals surface area contributed by atoms with Crippen molar-refractivity contribution in [2.75, 3.05) is 0 Å². The Morgan fingerprint density at radius 3 is 2.92 bits per heavy atom. The molecular weight excluding hydrogens is 237 g/mol. The van der Waals surface area contributed by atoms with Crippen LogP contribution in [-0.2, 0) is 0 Å². The first-order valence-corrected chi connectivity index (χ1v) is 4.79. The van der Waals surface area contributed by atoms with Gasteiger partial charge in [0.2, 0.25) is 0 Å². The minimum Gasteiger partial charge on any atom is -0.359 e. The Labute approximate surface area is 83.9 Å². The number of fused-ring (bicyclic) bond motifs is 1. The molecule has 1 nitrogen and oxygen atoms in total. The number of aromatic nitrogens is 1. The second-order valence-corrected chi connectivity index (χ2v) is 4.01. The Kier molecular flexibility index (Phi) is 1.89. The lowest BCUT2D eigenvalue weighted by Gasteiger charge is -1.95. The lowest BCUT2D eigenvalue weighted by Crippen LogP contribution is -1.71. The zero-order valence-electron chi connectivity index (χ0n) is 6.49. The summed E-state index contributed by atoms with van der Waals surface area (Å²) in [5, 5.41) is 1.85. The third-order valence-corrected chi connectivity index (χ3v) is 3.12. The van der Waals surface area contributed by atoms with E-state index in [4.69, 9.17) is 11.6 Å². The van der Waals surface area contributed by atoms with Gasteiger partial charge in [0, 0.05) is 21.1 Å². The molecule has 0 fully saturated rings. The normalized spacial score (nSPS) is 10.9. The van der Waals surface area contributed by atoms with Crippen LogP contribution < -0.4 is 0 Å². The average molecular weight is 245 g/mol. The zero-order valence-corrected chi connectivity index (χ0v) is 8.83. The van der Waals surface area contributed by atoms with E-state index in [1.54, 1.807) is 0 Å². The number of benzene rings is 1. The molecule has 0 aliphatic heterocycles. The van der Waals surface area contributed by atoms with Crippen LogP contribution in [0.15, 0.2) is 22.7 Å². The third kappa shape index (κ3) is 1.15. The van der Waals surface area contributed by atoms with E-state index in [1.165, 1.54) is 0 Å². The molecule has 3 heteroatoms. The van der Waals surface area contributed by atoms with Crippen molar-refractivity contribution in [3.63, 3.8) is 0 Å². The molecule has 1 heterocycles. The van der Waals surface area contributed by atoms with Gasteiger partial charge in [-0.25, -0.2) is 0 Å². The van der Waals surface area contributed by atoms with Crippen LogP contribution in [0.1, 0.15) is 5.69 Å². The van der Waals surface area contributed by atoms with Crippen molar-refractivity contribution >= 4 is 38.4 Å². The molecular formula is C9H7BrClN. The van der Waals surface area contributed by atoms with Crippen LogP contribution >= 0.6 is 27.5 Å². The minimum atomic E-state index is 0.775. The first kappa shape index (κ1) is 8.14. The number of hydrogen-bond acceptors (Lipinski definition) is 0. The maximum atomic E-state index is 6.07. The Bertz CT molecular complexity index is 433. The average Bonchev–Trinajstić information content (AvgIpc) is 2.39. The van der Waals surface area contributed by atoms with Crippen molar-refractivity contribution in [3.05, 3.63) is 33.4 Å². The Balaban J connectivity index is 2.89. The van der Waals surface area contributed by atoms with Crippen LogP contribution in [0.3, 0.4) is 0 Å². The first-order chi connectivity index (χ1) is 5.68. The standard InChI is InChI=1S/C9H7BrClN/c1-5-4-6-8(12-5)3-2-7(10)9(6)11/h2-4,12H,1H3. The van der Waals surface area contributed by atoms with Gasteiger partial charge in [-0.1, -0.05) is 11.6 Å². The quantitative estimate of drug-likeness (QED) is 0.724. The molecule has 62 valence electrons. The molecule has 0 spiro atoms. The first-order valence-electron chi connectivity index (χ1n) is 3.62. The van der Waals surface area contributed by atoms with Crippen LogP contribution in [0.2, 0.25) is 5.02 Å². The van der Waals surface area contributed by atoms with Gasteiger partial charge >= 0.3 is 0 Å². The highest BCUT2D eigenvalue weighted by Crippen LogP contribution is 2.31. The number of hydrogen-bond donors (Lipinski definition) is 1. The van der Waals surface area contributed by atoms with Crippen LogP contribution in [0.4, 0.5) is 0 Å². The summed E-state index contributed by atoms with van der Waals surface area (Å²) < 4.78 is 0.940. The van der Waals surface area contributed by atoms with Gasteiger partial charge in [0.25, 0.3) is 0 Å². The smallest absolute Gasteiger partial charge is 0.0641 e. The fraction of sp³-hybridized carbons (Fsp3) is 0.111. The van der Waals surface area contributed by atoms with Gasteiger partial charge in [-0.05, 0) is 41.1 Å². The second kappa shape index (κ2) is 2.79. The second-order valence-electron chi connectivity index (χ2n) is 2.77. The molecule has 12 heavy (non-hydrogen) atoms. The molecule has 0 radical (unpaired) electrons. The molecule has 1 N–H and O–H groups in total. The van der Waals surface area contributed by atoms with Crippen molar-refractivity contribution in [2.24, 2.45) is 0 Å². The van der Waals surface area contributed by atoms with Crippen molar-refractivity contribution in [1.29, 1.82) is 0 Å². The summed E-state index contributed by atoms with van der Waals surface area (Å²) >= 11 is 9.45. The SMILES string of the molecule is Cc1cc2c(Cl)c(Br)ccc2[nH]1. The van der Waals surface area contributed by atoms with Gasteiger partial charge in [0.15, 0.2) is 0 Å². The largest absolute Gasteiger partial charge is 0.359 e. The molecule has 0 bridgehead atoms. The van der Waals surface area contributed by atoms with E-state index in [1.807, 2.05) is 25.1 Å². The highest BCUT2D eigenvalue weighted by molar-refractivity contribution is 9.10. The number of halogens is 2. The maximum Gasteiger partial charge on any atom is 0.0641 e. The fourth-order valence-corrected chi connectivity index (χ4v) is 1.85. The van der Waals surface area contributed by atoms with Crippen molar-refractivity contribution in [1.82, 2.24) is 4.98 Å². The van der Waals surface area contributed by atoms with Gasteiger partial charge in [-0.15, -0.1) is 0 Å². The van der Waals surface area contributed by atoms with E-state index in [9.17, 15) is 0 Å². The Morgan fingerprint density at radius 2 is 2.17 bits per heavy atom. The van der Waals surface area contributed by atoms with E-state index in [0.717, 1.165) is 26.1 Å². The van der Waals surface area contributed by atoms with E-state index >= 15 is 0 Å². The van der Waals surface area contributed by atoms with Crippen molar-refractivity contribution in [3.8, 4) is 0 Å². The molecule has 0 atom stereocenters. The summed E-state index contributed by atoms with van der Waals surface area (Å²) in [6.07, 6.45) is 0. The molecule has 0 aliphatic rings. The highest BCUT2D eigenvalue weighted by atomic mass is 79.9. The number of aryl methyl sites for hydroxylation is 1. The molecule has 1 aromatic heterocycles. The molecule has 0 saturated carbocycles. The number of H-pyrrole nitrogens is 1. The van der Waals surface area contributed by atoms with Crippen LogP contribution in [0.25, 0.3) is 10.9 Å². The third-order valence-electron chi connectivity index (χ3n) is 1.83. The maximum absolute atomic E-state index is 6.07. The predicted molar refractivity (Wildman–Crippen MR) is 55.7 cm³/mol. The summed E-state index contributed by atoms with van der Waals surface area (Å²) in [5.41, 5.74) is 2.21. The molecule has 1 aromatic carbocycles. The molecule has 0 unspecified atom stereocenters. The Morgan fingerprint density at radius 1 is 1.42 bits per heavy atom. The molecule has 2 aromatic rings. The van der Waals surface area contributed by atoms with Crippen molar-refractivity contribution in [2.45, 2.75) is 6.92 Å². The lowest BCUT2D eigenvalue weighted by atomic mass is 10.2. The van der Waals surface area contributed by atoms with E-state index in [-0.39, 0.29) is 0 Å². The van der Waals surface area contributed by atoms with Crippen LogP contribution in [0.5, 0.6) is 0 Å². The van der Waals surface area contributed by atoms with Crippen LogP contribution in [-0.4, -0.2) is 4.98 Å². The van der Waals surface area contributed by atoms with E-state index < -0.39 is 0 Å². The van der Waals surface area contributed by atoms with Crippen molar-refractivity contribution < 1.29 is 0 Å². The summed E-state index contributed by atoms with van der Waals surface area (Å²) in [4.78, 5) is 3.22. The molecule has 2 rings (SSSR count). The van der Waals surface area contributed by atoms with E-state index in [2.05, 4.69) is 20.9 Å². The predicted octanol–water partition coefficient (Wildman–Crippen LogP) is 3.89. The van der Waals surface area contributed by atoms with Gasteiger partial charge in [0.05, 0.1) is 5.02 Å². The number of rotatable bonds is 0. The number of nitrogens with one attached hydrogen (secondary N) is 1. The summed E-state index contributed by atoms with van der Waals surface area (Å²) in [7, 11) is 0. The summed E-state index contributed by atoms with van der Waals surface area (Å²) in [5.74, 6) is 0.